The summed E-state index contributed by atoms with van der Waals surface area (Å²) in [5.74, 6) is -11.5. The molecular formula is C81H46F8N6. The molecule has 0 unspecified atom stereocenters. The molecule has 0 fully saturated rings. The van der Waals surface area contributed by atoms with E-state index in [1.54, 1.807) is 73.3 Å². The van der Waals surface area contributed by atoms with Crippen molar-refractivity contribution in [1.82, 2.24) is 29.1 Å². The van der Waals surface area contributed by atoms with E-state index in [1.807, 2.05) is 194 Å². The smallest absolute Gasteiger partial charge is 0.309 e. The quantitative estimate of drug-likeness (QED) is 0.0735. The molecule has 0 radical (unpaired) electrons. The van der Waals surface area contributed by atoms with E-state index in [0.717, 1.165) is 44.5 Å². The Labute approximate surface area is 537 Å². The van der Waals surface area contributed by atoms with Gasteiger partial charge in [0.15, 0.2) is 23.3 Å². The van der Waals surface area contributed by atoms with E-state index < -0.39 is 63.3 Å². The fraction of sp³-hybridized carbons (Fsp3) is 0.0123. The molecule has 0 saturated heterocycles. The normalized spacial score (nSPS) is 11.8. The molecule has 16 aromatic rings. The number of hydrogen-bond donors (Lipinski definition) is 0. The van der Waals surface area contributed by atoms with Gasteiger partial charge in [0.2, 0.25) is 5.82 Å². The number of pyridine rings is 4. The number of benzene rings is 10. The lowest BCUT2D eigenvalue weighted by Crippen LogP contribution is -2.13. The fourth-order valence-corrected chi connectivity index (χ4v) is 13.0. The number of fused-ring (bicyclic) bond motifs is 6. The Kier molecular flexibility index (Phi) is 14.2. The van der Waals surface area contributed by atoms with Gasteiger partial charge in [-0.2, -0.15) is 13.2 Å². The predicted octanol–water partition coefficient (Wildman–Crippen LogP) is 22.2. The highest BCUT2D eigenvalue weighted by Crippen LogP contribution is 2.49. The number of halogens is 8. The highest BCUT2D eigenvalue weighted by molar-refractivity contribution is 6.14. The second-order valence-corrected chi connectivity index (χ2v) is 23.1. The van der Waals surface area contributed by atoms with Crippen molar-refractivity contribution in [2.24, 2.45) is 0 Å². The highest BCUT2D eigenvalue weighted by atomic mass is 19.4. The fourth-order valence-electron chi connectivity index (χ4n) is 13.0. The Bertz CT molecular complexity index is 5100. The van der Waals surface area contributed by atoms with Crippen molar-refractivity contribution < 1.29 is 35.1 Å². The van der Waals surface area contributed by atoms with Crippen LogP contribution in [0.2, 0.25) is 0 Å². The summed E-state index contributed by atoms with van der Waals surface area (Å²) in [6.45, 7) is 0. The van der Waals surface area contributed by atoms with Gasteiger partial charge in [-0.3, -0.25) is 19.9 Å². The van der Waals surface area contributed by atoms with E-state index >= 15 is 35.1 Å². The molecule has 6 aromatic heterocycles. The number of alkyl halides is 3. The second-order valence-electron chi connectivity index (χ2n) is 23.1. The average molecular weight is 1260 g/mol. The molecular weight excluding hydrogens is 1210 g/mol. The van der Waals surface area contributed by atoms with Crippen LogP contribution in [0.4, 0.5) is 35.1 Å². The molecule has 0 aliphatic heterocycles. The van der Waals surface area contributed by atoms with Gasteiger partial charge < -0.3 is 9.13 Å². The third kappa shape index (κ3) is 10.2. The van der Waals surface area contributed by atoms with Crippen molar-refractivity contribution in [3.63, 3.8) is 0 Å². The van der Waals surface area contributed by atoms with Crippen LogP contribution in [0.1, 0.15) is 5.56 Å². The monoisotopic (exact) mass is 1250 g/mol. The van der Waals surface area contributed by atoms with E-state index in [9.17, 15) is 0 Å². The summed E-state index contributed by atoms with van der Waals surface area (Å²) in [4.78, 5) is 18.6. The topological polar surface area (TPSA) is 61.4 Å². The van der Waals surface area contributed by atoms with E-state index in [0.29, 0.717) is 78.7 Å². The lowest BCUT2D eigenvalue weighted by atomic mass is 9.96. The molecule has 0 saturated carbocycles. The molecule has 0 N–H and O–H groups in total. The van der Waals surface area contributed by atoms with Gasteiger partial charge >= 0.3 is 6.18 Å². The minimum absolute atomic E-state index is 0.240. The predicted molar refractivity (Wildman–Crippen MR) is 360 cm³/mol. The van der Waals surface area contributed by atoms with Crippen molar-refractivity contribution in [3.05, 3.63) is 314 Å². The molecule has 0 aliphatic carbocycles. The van der Waals surface area contributed by atoms with Gasteiger partial charge in [-0.15, -0.1) is 0 Å². The van der Waals surface area contributed by atoms with Gasteiger partial charge in [-0.1, -0.05) is 146 Å². The van der Waals surface area contributed by atoms with Crippen LogP contribution in [0.5, 0.6) is 0 Å². The van der Waals surface area contributed by atoms with Crippen LogP contribution in [0.3, 0.4) is 0 Å². The van der Waals surface area contributed by atoms with Crippen LogP contribution in [-0.2, 0) is 6.18 Å². The van der Waals surface area contributed by atoms with Crippen LogP contribution >= 0.6 is 0 Å². The average Bonchev–Trinajstić information content (AvgIpc) is 1.62. The third-order valence-electron chi connectivity index (χ3n) is 17.5. The number of nitrogens with zero attached hydrogens (tertiary/aromatic N) is 6. The minimum Gasteiger partial charge on any atom is -0.309 e. The maximum Gasteiger partial charge on any atom is 0.416 e. The molecule has 0 spiro atoms. The zero-order valence-electron chi connectivity index (χ0n) is 49.8. The largest absolute Gasteiger partial charge is 0.416 e. The zero-order valence-corrected chi connectivity index (χ0v) is 49.8. The molecule has 14 heteroatoms. The maximum absolute atomic E-state index is 17.5. The first-order chi connectivity index (χ1) is 46.3. The number of aromatic nitrogens is 6. The summed E-state index contributed by atoms with van der Waals surface area (Å²) in [6.07, 6.45) is 1.53. The minimum atomic E-state index is -5.18. The van der Waals surface area contributed by atoms with Gasteiger partial charge in [0.25, 0.3) is 0 Å². The molecule has 0 amide bonds. The van der Waals surface area contributed by atoms with E-state index in [2.05, 4.69) is 19.9 Å². The first-order valence-electron chi connectivity index (χ1n) is 30.3. The standard InChI is InChI=1S/C81H46F8N6/c82-76-75(77(83)79(85)80(86)78(76)84)74-72(94-68-25-21-51(55-29-33-90-64(41-55)47-13-5-1-6-14-47)37-60(68)61-38-52(22-26-69(61)94)56-30-34-91-65(42-56)48-15-7-2-8-16-48)45-59(81(87,88)89)46-73(74)95-70-27-23-53(57-31-35-92-66(43-57)49-17-9-3-10-18-49)39-62(70)63-40-54(24-28-71(63)95)58-32-36-93-67(44-58)50-19-11-4-12-20-50/h1-46H. The molecule has 16 rings (SSSR count). The molecule has 0 bridgehead atoms. The first kappa shape index (κ1) is 58.0. The van der Waals surface area contributed by atoms with Crippen molar-refractivity contribution >= 4 is 43.6 Å². The summed E-state index contributed by atoms with van der Waals surface area (Å²) in [5.41, 5.74) is 8.18. The van der Waals surface area contributed by atoms with E-state index in [1.165, 1.54) is 9.13 Å². The van der Waals surface area contributed by atoms with Crippen molar-refractivity contribution in [2.45, 2.75) is 6.18 Å². The number of rotatable bonds is 11. The Morgan fingerprint density at radius 2 is 0.495 bits per heavy atom. The first-order valence-corrected chi connectivity index (χ1v) is 30.3. The van der Waals surface area contributed by atoms with Gasteiger partial charge in [-0.05, 0) is 154 Å². The SMILES string of the molecule is Fc1c(F)c(F)c(-c2c(-n3c4ccc(-c5ccnc(-c6ccccc6)c5)cc4c4cc(-c5ccnc(-c6ccccc6)c5)ccc43)cc(C(F)(F)F)cc2-n2c3ccc(-c4ccnc(-c5ccccc5)c4)cc3c3cc(-c4ccnc(-c5ccccc5)c4)ccc32)c(F)c1F. The summed E-state index contributed by atoms with van der Waals surface area (Å²) < 4.78 is 135. The van der Waals surface area contributed by atoms with Crippen LogP contribution in [-0.4, -0.2) is 29.1 Å². The van der Waals surface area contributed by atoms with Crippen molar-refractivity contribution in [1.29, 1.82) is 0 Å². The molecule has 10 aromatic carbocycles. The summed E-state index contributed by atoms with van der Waals surface area (Å²) in [5, 5.41) is 1.92. The van der Waals surface area contributed by atoms with Crippen LogP contribution in [0.15, 0.2) is 280 Å². The summed E-state index contributed by atoms with van der Waals surface area (Å²) in [6, 6.07) is 75.9. The van der Waals surface area contributed by atoms with E-state index in [4.69, 9.17) is 0 Å². The van der Waals surface area contributed by atoms with Crippen LogP contribution < -0.4 is 0 Å². The van der Waals surface area contributed by atoms with Gasteiger partial charge in [0, 0.05) is 74.1 Å². The van der Waals surface area contributed by atoms with Gasteiger partial charge in [0.05, 0.1) is 67.3 Å². The lowest BCUT2D eigenvalue weighted by molar-refractivity contribution is -0.137. The highest BCUT2D eigenvalue weighted by Gasteiger charge is 2.37. The summed E-state index contributed by atoms with van der Waals surface area (Å²) in [7, 11) is 0. The van der Waals surface area contributed by atoms with Crippen LogP contribution in [0, 0.1) is 29.1 Å². The lowest BCUT2D eigenvalue weighted by Gasteiger charge is -2.23. The molecule has 6 nitrogen and oxygen atoms in total. The summed E-state index contributed by atoms with van der Waals surface area (Å²) >= 11 is 0. The Hall–Kier alpha value is -12.2. The van der Waals surface area contributed by atoms with E-state index in [-0.39, 0.29) is 22.1 Å². The maximum atomic E-state index is 17.5. The molecule has 0 aliphatic rings. The van der Waals surface area contributed by atoms with Crippen molar-refractivity contribution in [2.75, 3.05) is 0 Å². The Morgan fingerprint density at radius 1 is 0.242 bits per heavy atom. The Morgan fingerprint density at radius 3 is 0.758 bits per heavy atom. The number of hydrogen-bond acceptors (Lipinski definition) is 4. The van der Waals surface area contributed by atoms with Crippen LogP contribution in [0.25, 0.3) is 156 Å². The molecule has 0 atom stereocenters. The van der Waals surface area contributed by atoms with Crippen molar-refractivity contribution in [3.8, 4) is 112 Å². The van der Waals surface area contributed by atoms with Gasteiger partial charge in [0.1, 0.15) is 0 Å². The Balaban J connectivity index is 1.00. The third-order valence-corrected chi connectivity index (χ3v) is 17.5. The molecule has 95 heavy (non-hydrogen) atoms. The second kappa shape index (κ2) is 23.2. The van der Waals surface area contributed by atoms with Gasteiger partial charge in [-0.25, -0.2) is 22.0 Å². The molecule has 456 valence electrons. The molecule has 6 heterocycles. The zero-order chi connectivity index (χ0) is 64.6.